The lowest BCUT2D eigenvalue weighted by Crippen LogP contribution is -2.37. The Kier molecular flexibility index (Phi) is 6.64. The summed E-state index contributed by atoms with van der Waals surface area (Å²) in [5.41, 5.74) is 0. The van der Waals surface area contributed by atoms with E-state index >= 15 is 0 Å². The molecule has 0 amide bonds. The quantitative estimate of drug-likeness (QED) is 0.370. The minimum atomic E-state index is -0.540. The predicted molar refractivity (Wildman–Crippen MR) is 57.8 cm³/mol. The summed E-state index contributed by atoms with van der Waals surface area (Å²) in [5.74, 6) is 0. The third kappa shape index (κ3) is 5.71. The fraction of sp³-hybridized carbons (Fsp3) is 0.750. The molecule has 0 saturated carbocycles. The molecule has 0 saturated heterocycles. The zero-order valence-electron chi connectivity index (χ0n) is 8.55. The molecule has 0 atom stereocenters. The summed E-state index contributed by atoms with van der Waals surface area (Å²) >= 11 is 0. The van der Waals surface area contributed by atoms with E-state index in [2.05, 4.69) is 37.3 Å². The molecule has 12 heavy (non-hydrogen) atoms. The Hall–Kier alpha value is 0.0938. The fourth-order valence-corrected chi connectivity index (χ4v) is 2.09. The van der Waals surface area contributed by atoms with Crippen LogP contribution in [-0.4, -0.2) is 35.8 Å². The van der Waals surface area contributed by atoms with Crippen LogP contribution in [0.2, 0.25) is 26.2 Å². The van der Waals surface area contributed by atoms with Crippen LogP contribution in [0.5, 0.6) is 0 Å². The molecule has 2 radical (unpaired) electrons. The minimum Gasteiger partial charge on any atom is -0.405 e. The zero-order valence-corrected chi connectivity index (χ0v) is 10.6. The van der Waals surface area contributed by atoms with E-state index < -0.39 is 9.04 Å². The van der Waals surface area contributed by atoms with Gasteiger partial charge in [-0.1, -0.05) is 19.2 Å². The first-order valence-electron chi connectivity index (χ1n) is 4.17. The summed E-state index contributed by atoms with van der Waals surface area (Å²) in [6, 6.07) is 0. The van der Waals surface area contributed by atoms with Crippen molar-refractivity contribution in [3.05, 3.63) is 12.7 Å². The maximum atomic E-state index is 5.62. The van der Waals surface area contributed by atoms with Crippen molar-refractivity contribution in [1.29, 1.82) is 0 Å². The Labute approximate surface area is 79.6 Å². The summed E-state index contributed by atoms with van der Waals surface area (Å²) in [6.07, 6.45) is 1.94. The highest BCUT2D eigenvalue weighted by atomic mass is 28.3. The normalized spacial score (nSPS) is 11.6. The van der Waals surface area contributed by atoms with E-state index in [9.17, 15) is 0 Å². The van der Waals surface area contributed by atoms with Crippen LogP contribution in [0.15, 0.2) is 12.7 Å². The molecule has 0 heterocycles. The Morgan fingerprint density at radius 1 is 1.33 bits per heavy atom. The van der Waals surface area contributed by atoms with Gasteiger partial charge in [0.25, 0.3) is 0 Å². The van der Waals surface area contributed by atoms with Gasteiger partial charge in [0.1, 0.15) is 8.96 Å². The molecule has 0 unspecified atom stereocenters. The maximum absolute atomic E-state index is 5.62. The monoisotopic (exact) mass is 201 g/mol. The molecule has 0 aromatic heterocycles. The van der Waals surface area contributed by atoms with Gasteiger partial charge >= 0.3 is 0 Å². The first-order chi connectivity index (χ1) is 5.57. The third-order valence-corrected chi connectivity index (χ3v) is 3.77. The minimum absolute atomic E-state index is 0.378. The summed E-state index contributed by atoms with van der Waals surface area (Å²) in [7, 11) is -0.918. The molecule has 0 aromatic carbocycles. The molecule has 0 fully saturated rings. The van der Waals surface area contributed by atoms with Gasteiger partial charge in [0.2, 0.25) is 9.04 Å². The van der Waals surface area contributed by atoms with Crippen molar-refractivity contribution in [3.8, 4) is 0 Å². The number of hydrogen-bond donors (Lipinski definition) is 0. The molecule has 70 valence electrons. The van der Waals surface area contributed by atoms with Gasteiger partial charge < -0.3 is 8.99 Å². The van der Waals surface area contributed by atoms with Crippen molar-refractivity contribution >= 4 is 18.0 Å². The van der Waals surface area contributed by atoms with E-state index in [0.29, 0.717) is 0 Å². The molecule has 0 spiro atoms. The van der Waals surface area contributed by atoms with E-state index in [1.54, 1.807) is 0 Å². The molecule has 0 aromatic rings. The van der Waals surface area contributed by atoms with Gasteiger partial charge in [-0.3, -0.25) is 0 Å². The lowest BCUT2D eigenvalue weighted by Gasteiger charge is -2.24. The second-order valence-corrected chi connectivity index (χ2v) is 7.77. The summed E-state index contributed by atoms with van der Waals surface area (Å²) in [6.45, 7) is 14.3. The van der Waals surface area contributed by atoms with Gasteiger partial charge in [0.15, 0.2) is 0 Å². The molecule has 2 nitrogen and oxygen atoms in total. The molecule has 0 aliphatic rings. The van der Waals surface area contributed by atoms with E-state index in [-0.39, 0.29) is 8.96 Å². The van der Waals surface area contributed by atoms with Crippen molar-refractivity contribution in [1.82, 2.24) is 4.57 Å². The summed E-state index contributed by atoms with van der Waals surface area (Å²) in [4.78, 5) is 0. The van der Waals surface area contributed by atoms with E-state index in [1.165, 1.54) is 0 Å². The van der Waals surface area contributed by atoms with Crippen LogP contribution in [0.25, 0.3) is 0 Å². The SMILES string of the molecule is C=CCN(CO[Si](C)C)[Si](C)C. The number of nitrogens with zero attached hydrogens (tertiary/aromatic N) is 1. The van der Waals surface area contributed by atoms with Gasteiger partial charge in [-0.2, -0.15) is 0 Å². The number of hydrogen-bond acceptors (Lipinski definition) is 2. The third-order valence-electron chi connectivity index (χ3n) is 1.49. The average molecular weight is 201 g/mol. The second-order valence-electron chi connectivity index (χ2n) is 3.14. The van der Waals surface area contributed by atoms with Gasteiger partial charge in [0, 0.05) is 6.54 Å². The molecule has 0 aliphatic carbocycles. The molecular formula is C8H19NOSi2. The van der Waals surface area contributed by atoms with Crippen molar-refractivity contribution in [2.24, 2.45) is 0 Å². The maximum Gasteiger partial charge on any atom is 0.206 e. The van der Waals surface area contributed by atoms with E-state index in [4.69, 9.17) is 4.43 Å². The van der Waals surface area contributed by atoms with Crippen molar-refractivity contribution in [2.75, 3.05) is 13.3 Å². The standard InChI is InChI=1S/C8H19NOSi2/c1-6-7-9(11(2)3)8-10-12(4)5/h6H,1,7-8H2,2-5H3. The van der Waals surface area contributed by atoms with Crippen LogP contribution in [0.3, 0.4) is 0 Å². The molecule has 4 heteroatoms. The Balaban J connectivity index is 3.70. The molecular weight excluding hydrogens is 182 g/mol. The Morgan fingerprint density at radius 3 is 2.25 bits per heavy atom. The van der Waals surface area contributed by atoms with Crippen molar-refractivity contribution < 1.29 is 4.43 Å². The highest BCUT2D eigenvalue weighted by Crippen LogP contribution is 1.96. The van der Waals surface area contributed by atoms with E-state index in [1.807, 2.05) is 6.08 Å². The van der Waals surface area contributed by atoms with Crippen LogP contribution in [0.4, 0.5) is 0 Å². The van der Waals surface area contributed by atoms with Gasteiger partial charge in [-0.15, -0.1) is 6.58 Å². The van der Waals surface area contributed by atoms with E-state index in [0.717, 1.165) is 13.3 Å². The van der Waals surface area contributed by atoms with Crippen LogP contribution < -0.4 is 0 Å². The molecule has 0 rings (SSSR count). The smallest absolute Gasteiger partial charge is 0.206 e. The van der Waals surface area contributed by atoms with Crippen molar-refractivity contribution in [3.63, 3.8) is 0 Å². The lowest BCUT2D eigenvalue weighted by atomic mass is 10.6. The summed E-state index contributed by atoms with van der Waals surface area (Å²) < 4.78 is 7.98. The highest BCUT2D eigenvalue weighted by molar-refractivity contribution is 6.52. The van der Waals surface area contributed by atoms with Crippen LogP contribution in [0, 0.1) is 0 Å². The van der Waals surface area contributed by atoms with Gasteiger partial charge in [0.05, 0.1) is 6.73 Å². The average Bonchev–Trinajstić information content (AvgIpc) is 1.96. The van der Waals surface area contributed by atoms with Crippen LogP contribution in [-0.2, 0) is 4.43 Å². The highest BCUT2D eigenvalue weighted by Gasteiger charge is 2.09. The fourth-order valence-electron chi connectivity index (χ4n) is 0.727. The Bertz CT molecular complexity index is 128. The second kappa shape index (κ2) is 6.59. The zero-order chi connectivity index (χ0) is 9.56. The Morgan fingerprint density at radius 2 is 1.92 bits per heavy atom. The molecule has 0 N–H and O–H groups in total. The van der Waals surface area contributed by atoms with Crippen molar-refractivity contribution in [2.45, 2.75) is 26.2 Å². The van der Waals surface area contributed by atoms with Gasteiger partial charge in [-0.05, 0) is 13.1 Å². The van der Waals surface area contributed by atoms with Crippen LogP contribution in [0.1, 0.15) is 0 Å². The molecule has 0 bridgehead atoms. The topological polar surface area (TPSA) is 12.5 Å². The first kappa shape index (κ1) is 12.1. The largest absolute Gasteiger partial charge is 0.405 e. The predicted octanol–water partition coefficient (Wildman–Crippen LogP) is 1.95. The van der Waals surface area contributed by atoms with Crippen LogP contribution >= 0.6 is 0 Å². The molecule has 0 aliphatic heterocycles. The van der Waals surface area contributed by atoms with Gasteiger partial charge in [-0.25, -0.2) is 0 Å². The number of rotatable bonds is 6. The lowest BCUT2D eigenvalue weighted by molar-refractivity contribution is 0.212. The first-order valence-corrected chi connectivity index (χ1v) is 9.02. The summed E-state index contributed by atoms with van der Waals surface area (Å²) in [5, 5.41) is 0.